The number of hydrogen-bond donors (Lipinski definition) is 1. The zero-order chi connectivity index (χ0) is 16.8. The van der Waals surface area contributed by atoms with Gasteiger partial charge < -0.3 is 19.3 Å². The SMILES string of the molecule is CCOC(=O)COCCCC(CCCO)OCc1ccccc1. The van der Waals surface area contributed by atoms with Crippen molar-refractivity contribution < 1.29 is 24.1 Å². The Kier molecular flexibility index (Phi) is 11.1. The summed E-state index contributed by atoms with van der Waals surface area (Å²) in [5.41, 5.74) is 1.14. The van der Waals surface area contributed by atoms with Crippen molar-refractivity contribution in [3.05, 3.63) is 35.9 Å². The third-order valence-corrected chi connectivity index (χ3v) is 3.35. The van der Waals surface area contributed by atoms with Crippen molar-refractivity contribution in [1.29, 1.82) is 0 Å². The maximum atomic E-state index is 11.1. The molecule has 0 heterocycles. The molecule has 1 atom stereocenters. The van der Waals surface area contributed by atoms with Crippen molar-refractivity contribution in [3.63, 3.8) is 0 Å². The van der Waals surface area contributed by atoms with Gasteiger partial charge in [0.15, 0.2) is 0 Å². The molecule has 0 aromatic heterocycles. The molecular weight excluding hydrogens is 296 g/mol. The van der Waals surface area contributed by atoms with Gasteiger partial charge in [0.05, 0.1) is 19.3 Å². The second-order valence-electron chi connectivity index (χ2n) is 5.28. The van der Waals surface area contributed by atoms with Crippen LogP contribution in [-0.4, -0.2) is 43.6 Å². The predicted molar refractivity (Wildman–Crippen MR) is 88.0 cm³/mol. The summed E-state index contributed by atoms with van der Waals surface area (Å²) in [5.74, 6) is -0.329. The van der Waals surface area contributed by atoms with Crippen LogP contribution >= 0.6 is 0 Å². The van der Waals surface area contributed by atoms with E-state index in [-0.39, 0.29) is 25.3 Å². The third-order valence-electron chi connectivity index (χ3n) is 3.35. The molecule has 1 rings (SSSR count). The minimum absolute atomic E-state index is 0.0000190. The molecule has 0 saturated carbocycles. The number of ether oxygens (including phenoxy) is 3. The highest BCUT2D eigenvalue weighted by atomic mass is 16.6. The van der Waals surface area contributed by atoms with Gasteiger partial charge in [0.2, 0.25) is 0 Å². The molecule has 0 fully saturated rings. The molecule has 0 radical (unpaired) electrons. The number of carbonyl (C=O) groups is 1. The molecule has 130 valence electrons. The first-order valence-corrected chi connectivity index (χ1v) is 8.26. The highest BCUT2D eigenvalue weighted by Gasteiger charge is 2.10. The summed E-state index contributed by atoms with van der Waals surface area (Å²) in [6.45, 7) is 3.39. The smallest absolute Gasteiger partial charge is 0.332 e. The van der Waals surface area contributed by atoms with E-state index in [1.54, 1.807) is 6.92 Å². The number of benzene rings is 1. The van der Waals surface area contributed by atoms with Crippen LogP contribution in [0.15, 0.2) is 30.3 Å². The van der Waals surface area contributed by atoms with E-state index in [0.29, 0.717) is 19.8 Å². The van der Waals surface area contributed by atoms with Crippen LogP contribution in [0.3, 0.4) is 0 Å². The van der Waals surface area contributed by atoms with Gasteiger partial charge in [0, 0.05) is 13.2 Å². The average molecular weight is 324 g/mol. The number of aliphatic hydroxyl groups excluding tert-OH is 1. The lowest BCUT2D eigenvalue weighted by Gasteiger charge is -2.17. The van der Waals surface area contributed by atoms with Crippen LogP contribution in [0.1, 0.15) is 38.2 Å². The van der Waals surface area contributed by atoms with Crippen molar-refractivity contribution in [2.24, 2.45) is 0 Å². The fraction of sp³-hybridized carbons (Fsp3) is 0.611. The lowest BCUT2D eigenvalue weighted by Crippen LogP contribution is -2.16. The normalized spacial score (nSPS) is 12.1. The van der Waals surface area contributed by atoms with Crippen molar-refractivity contribution >= 4 is 5.97 Å². The van der Waals surface area contributed by atoms with Crippen molar-refractivity contribution in [1.82, 2.24) is 0 Å². The molecule has 1 aromatic carbocycles. The number of rotatable bonds is 13. The molecule has 0 aliphatic rings. The largest absolute Gasteiger partial charge is 0.464 e. The predicted octanol–water partition coefficient (Wildman–Crippen LogP) is 2.70. The molecule has 0 bridgehead atoms. The van der Waals surface area contributed by atoms with Gasteiger partial charge in [-0.1, -0.05) is 30.3 Å². The van der Waals surface area contributed by atoms with E-state index in [2.05, 4.69) is 0 Å². The first-order chi connectivity index (χ1) is 11.3. The standard InChI is InChI=1S/C18H28O5/c1-2-22-18(20)15-21-13-7-11-17(10-6-12-19)23-14-16-8-4-3-5-9-16/h3-5,8-9,17,19H,2,6-7,10-15H2,1H3. The molecule has 0 spiro atoms. The van der Waals surface area contributed by atoms with Gasteiger partial charge in [-0.15, -0.1) is 0 Å². The monoisotopic (exact) mass is 324 g/mol. The topological polar surface area (TPSA) is 65.0 Å². The van der Waals surface area contributed by atoms with E-state index in [4.69, 9.17) is 19.3 Å². The number of esters is 1. The lowest BCUT2D eigenvalue weighted by atomic mass is 10.1. The first kappa shape index (κ1) is 19.6. The van der Waals surface area contributed by atoms with Crippen molar-refractivity contribution in [2.75, 3.05) is 26.4 Å². The number of hydrogen-bond acceptors (Lipinski definition) is 5. The second-order valence-corrected chi connectivity index (χ2v) is 5.28. The van der Waals surface area contributed by atoms with Crippen LogP contribution < -0.4 is 0 Å². The second kappa shape index (κ2) is 13.0. The van der Waals surface area contributed by atoms with Crippen LogP contribution in [0.4, 0.5) is 0 Å². The maximum Gasteiger partial charge on any atom is 0.332 e. The maximum absolute atomic E-state index is 11.1. The third kappa shape index (κ3) is 10.0. The van der Waals surface area contributed by atoms with E-state index in [9.17, 15) is 4.79 Å². The molecule has 0 amide bonds. The van der Waals surface area contributed by atoms with E-state index in [1.165, 1.54) is 0 Å². The van der Waals surface area contributed by atoms with Crippen LogP contribution in [0.2, 0.25) is 0 Å². The van der Waals surface area contributed by atoms with E-state index in [1.807, 2.05) is 30.3 Å². The van der Waals surface area contributed by atoms with Gasteiger partial charge >= 0.3 is 5.97 Å². The number of carbonyl (C=O) groups excluding carboxylic acids is 1. The average Bonchev–Trinajstić information content (AvgIpc) is 2.57. The summed E-state index contributed by atoms with van der Waals surface area (Å²) >= 11 is 0. The Bertz CT molecular complexity index is 407. The van der Waals surface area contributed by atoms with Crippen molar-refractivity contribution in [2.45, 2.75) is 45.3 Å². The van der Waals surface area contributed by atoms with Crippen LogP contribution in [0, 0.1) is 0 Å². The Morgan fingerprint density at radius 2 is 1.91 bits per heavy atom. The summed E-state index contributed by atoms with van der Waals surface area (Å²) in [4.78, 5) is 11.1. The molecule has 23 heavy (non-hydrogen) atoms. The molecular formula is C18H28O5. The van der Waals surface area contributed by atoms with E-state index in [0.717, 1.165) is 31.2 Å². The van der Waals surface area contributed by atoms with Gasteiger partial charge in [0.1, 0.15) is 6.61 Å². The molecule has 5 heteroatoms. The molecule has 0 aliphatic carbocycles. The molecule has 1 N–H and O–H groups in total. The Morgan fingerprint density at radius 3 is 2.61 bits per heavy atom. The summed E-state index contributed by atoms with van der Waals surface area (Å²) < 4.78 is 16.0. The Labute approximate surface area is 138 Å². The van der Waals surface area contributed by atoms with Crippen molar-refractivity contribution in [3.8, 4) is 0 Å². The van der Waals surface area contributed by atoms with E-state index >= 15 is 0 Å². The van der Waals surface area contributed by atoms with Gasteiger partial charge in [0.25, 0.3) is 0 Å². The summed E-state index contributed by atoms with van der Waals surface area (Å²) in [7, 11) is 0. The molecule has 0 saturated heterocycles. The van der Waals surface area contributed by atoms with Crippen LogP contribution in [-0.2, 0) is 25.6 Å². The summed E-state index contributed by atoms with van der Waals surface area (Å²) in [6.07, 6.45) is 3.29. The van der Waals surface area contributed by atoms with Gasteiger partial charge in [-0.3, -0.25) is 0 Å². The quantitative estimate of drug-likeness (QED) is 0.446. The Balaban J connectivity index is 2.21. The van der Waals surface area contributed by atoms with Gasteiger partial charge in [-0.2, -0.15) is 0 Å². The zero-order valence-corrected chi connectivity index (χ0v) is 13.9. The van der Waals surface area contributed by atoms with Crippen LogP contribution in [0.5, 0.6) is 0 Å². The fourth-order valence-corrected chi connectivity index (χ4v) is 2.19. The van der Waals surface area contributed by atoms with E-state index < -0.39 is 0 Å². The molecule has 1 unspecified atom stereocenters. The highest BCUT2D eigenvalue weighted by Crippen LogP contribution is 2.13. The lowest BCUT2D eigenvalue weighted by molar-refractivity contribution is -0.148. The fourth-order valence-electron chi connectivity index (χ4n) is 2.19. The van der Waals surface area contributed by atoms with Gasteiger partial charge in [-0.25, -0.2) is 4.79 Å². The summed E-state index contributed by atoms with van der Waals surface area (Å²) in [6, 6.07) is 10.0. The molecule has 0 aliphatic heterocycles. The first-order valence-electron chi connectivity index (χ1n) is 8.26. The van der Waals surface area contributed by atoms with Crippen LogP contribution in [0.25, 0.3) is 0 Å². The highest BCUT2D eigenvalue weighted by molar-refractivity contribution is 5.70. The number of aliphatic hydroxyl groups is 1. The molecule has 1 aromatic rings. The minimum atomic E-state index is -0.329. The minimum Gasteiger partial charge on any atom is -0.464 e. The molecule has 5 nitrogen and oxygen atoms in total. The van der Waals surface area contributed by atoms with Gasteiger partial charge in [-0.05, 0) is 38.2 Å². The Morgan fingerprint density at radius 1 is 1.17 bits per heavy atom. The summed E-state index contributed by atoms with van der Waals surface area (Å²) in [5, 5.41) is 8.99. The Hall–Kier alpha value is -1.43. The zero-order valence-electron chi connectivity index (χ0n) is 13.9.